The normalized spacial score (nSPS) is 11.3. The van der Waals surface area contributed by atoms with E-state index in [-0.39, 0.29) is 13.1 Å². The summed E-state index contributed by atoms with van der Waals surface area (Å²) in [5.41, 5.74) is 3.05. The molecule has 3 aromatic rings. The van der Waals surface area contributed by atoms with Crippen molar-refractivity contribution in [1.82, 2.24) is 14.9 Å². The van der Waals surface area contributed by atoms with Crippen molar-refractivity contribution in [3.05, 3.63) is 76.8 Å². The van der Waals surface area contributed by atoms with Gasteiger partial charge in [-0.2, -0.15) is 0 Å². The lowest BCUT2D eigenvalue weighted by molar-refractivity contribution is -0.119. The molecule has 0 fully saturated rings. The van der Waals surface area contributed by atoms with Gasteiger partial charge in [0, 0.05) is 29.6 Å². The van der Waals surface area contributed by atoms with Crippen LogP contribution in [0.4, 0.5) is 5.69 Å². The molecule has 2 aromatic carbocycles. The number of aromatic nitrogens is 2. The lowest BCUT2D eigenvalue weighted by atomic mass is 10.2. The van der Waals surface area contributed by atoms with Gasteiger partial charge in [0.2, 0.25) is 15.9 Å². The Morgan fingerprint density at radius 1 is 1.17 bits per heavy atom. The molecule has 0 bridgehead atoms. The summed E-state index contributed by atoms with van der Waals surface area (Å²) >= 11 is 6.12. The monoisotopic (exact) mass is 446 g/mol. The molecule has 1 amide bonds. The topological polar surface area (TPSA) is 84.3 Å². The molecular formula is C21H23ClN4O3S. The summed E-state index contributed by atoms with van der Waals surface area (Å²) in [6.45, 7) is 3.70. The van der Waals surface area contributed by atoms with Gasteiger partial charge in [-0.1, -0.05) is 29.8 Å². The molecule has 0 atom stereocenters. The van der Waals surface area contributed by atoms with Crippen LogP contribution in [0.1, 0.15) is 17.0 Å². The van der Waals surface area contributed by atoms with Crippen LogP contribution in [0.25, 0.3) is 5.69 Å². The Bertz CT molecular complexity index is 1160. The molecule has 1 N–H and O–H groups in total. The number of carbonyl (C=O) groups is 1. The molecule has 158 valence electrons. The van der Waals surface area contributed by atoms with Gasteiger partial charge in [0.05, 0.1) is 11.9 Å². The smallest absolute Gasteiger partial charge is 0.241 e. The maximum atomic E-state index is 12.4. The highest BCUT2D eigenvalue weighted by molar-refractivity contribution is 7.92. The molecule has 7 nitrogen and oxygen atoms in total. The molecule has 0 unspecified atom stereocenters. The molecule has 0 radical (unpaired) electrons. The number of carbonyl (C=O) groups excluding carboxylic acids is 1. The number of nitrogens with one attached hydrogen (secondary N) is 1. The Kier molecular flexibility index (Phi) is 6.48. The van der Waals surface area contributed by atoms with Crippen molar-refractivity contribution in [3.8, 4) is 5.69 Å². The van der Waals surface area contributed by atoms with Gasteiger partial charge in [0.1, 0.15) is 12.4 Å². The predicted molar refractivity (Wildman–Crippen MR) is 119 cm³/mol. The minimum absolute atomic E-state index is 0.286. The number of imidazole rings is 1. The average Bonchev–Trinajstić information content (AvgIpc) is 3.12. The van der Waals surface area contributed by atoms with E-state index in [1.165, 1.54) is 0 Å². The lowest BCUT2D eigenvalue weighted by Crippen LogP contribution is -2.40. The van der Waals surface area contributed by atoms with Crippen LogP contribution in [0.3, 0.4) is 0 Å². The highest BCUT2D eigenvalue weighted by atomic mass is 35.5. The van der Waals surface area contributed by atoms with Crippen molar-refractivity contribution in [1.29, 1.82) is 0 Å². The molecule has 0 aliphatic carbocycles. The van der Waals surface area contributed by atoms with Crippen LogP contribution < -0.4 is 9.62 Å². The number of rotatable bonds is 7. The van der Waals surface area contributed by atoms with E-state index < -0.39 is 15.9 Å². The number of hydrogen-bond donors (Lipinski definition) is 1. The van der Waals surface area contributed by atoms with Crippen LogP contribution in [0.2, 0.25) is 5.02 Å². The molecule has 3 rings (SSSR count). The van der Waals surface area contributed by atoms with Gasteiger partial charge in [0.15, 0.2) is 0 Å². The molecule has 0 aliphatic heterocycles. The van der Waals surface area contributed by atoms with E-state index in [9.17, 15) is 13.2 Å². The zero-order valence-corrected chi connectivity index (χ0v) is 18.5. The first-order chi connectivity index (χ1) is 14.1. The third-order valence-corrected chi connectivity index (χ3v) is 6.21. The number of sulfonamides is 1. The highest BCUT2D eigenvalue weighted by Gasteiger charge is 2.21. The van der Waals surface area contributed by atoms with E-state index in [4.69, 9.17) is 11.6 Å². The number of benzene rings is 2. The van der Waals surface area contributed by atoms with E-state index in [1.54, 1.807) is 24.4 Å². The summed E-state index contributed by atoms with van der Waals surface area (Å²) in [7, 11) is -3.66. The fraction of sp³-hybridized carbons (Fsp3) is 0.238. The zero-order chi connectivity index (χ0) is 21.9. The minimum Gasteiger partial charge on any atom is -0.350 e. The Hall–Kier alpha value is -2.84. The summed E-state index contributed by atoms with van der Waals surface area (Å²) in [4.78, 5) is 16.6. The van der Waals surface area contributed by atoms with Gasteiger partial charge in [-0.15, -0.1) is 0 Å². The van der Waals surface area contributed by atoms with Gasteiger partial charge in [-0.25, -0.2) is 13.4 Å². The number of nitrogens with zero attached hydrogens (tertiary/aromatic N) is 3. The van der Waals surface area contributed by atoms with E-state index in [2.05, 4.69) is 10.3 Å². The lowest BCUT2D eigenvalue weighted by Gasteiger charge is -2.22. The van der Waals surface area contributed by atoms with E-state index in [1.807, 2.05) is 48.9 Å². The molecule has 0 spiro atoms. The van der Waals surface area contributed by atoms with Gasteiger partial charge >= 0.3 is 0 Å². The van der Waals surface area contributed by atoms with Gasteiger partial charge < -0.3 is 9.88 Å². The quantitative estimate of drug-likeness (QED) is 0.603. The zero-order valence-electron chi connectivity index (χ0n) is 17.0. The SMILES string of the molecule is Cc1ccc(N(CC(=O)NCc2ccc(-n3ccnc3C)cc2)S(C)(=O)=O)cc1Cl. The fourth-order valence-electron chi connectivity index (χ4n) is 2.95. The Balaban J connectivity index is 1.66. The van der Waals surface area contributed by atoms with Crippen molar-refractivity contribution in [2.75, 3.05) is 17.1 Å². The van der Waals surface area contributed by atoms with Crippen molar-refractivity contribution < 1.29 is 13.2 Å². The van der Waals surface area contributed by atoms with Crippen molar-refractivity contribution in [2.24, 2.45) is 0 Å². The van der Waals surface area contributed by atoms with Crippen LogP contribution in [0, 0.1) is 13.8 Å². The summed E-state index contributed by atoms with van der Waals surface area (Å²) in [6, 6.07) is 12.6. The molecule has 30 heavy (non-hydrogen) atoms. The molecule has 0 saturated carbocycles. The van der Waals surface area contributed by atoms with E-state index in [0.29, 0.717) is 10.7 Å². The van der Waals surface area contributed by atoms with Crippen LogP contribution in [-0.2, 0) is 21.4 Å². The third kappa shape index (κ3) is 5.20. The average molecular weight is 447 g/mol. The number of hydrogen-bond acceptors (Lipinski definition) is 4. The van der Waals surface area contributed by atoms with Gasteiger partial charge in [-0.3, -0.25) is 9.10 Å². The highest BCUT2D eigenvalue weighted by Crippen LogP contribution is 2.24. The largest absolute Gasteiger partial charge is 0.350 e. The maximum absolute atomic E-state index is 12.4. The second-order valence-electron chi connectivity index (χ2n) is 6.99. The second-order valence-corrected chi connectivity index (χ2v) is 9.30. The number of anilines is 1. The first-order valence-corrected chi connectivity index (χ1v) is 11.5. The Labute approximate surface area is 181 Å². The van der Waals surface area contributed by atoms with Crippen LogP contribution in [0.15, 0.2) is 54.9 Å². The van der Waals surface area contributed by atoms with Crippen molar-refractivity contribution in [2.45, 2.75) is 20.4 Å². The first kappa shape index (κ1) is 21.9. The van der Waals surface area contributed by atoms with Gasteiger partial charge in [0.25, 0.3) is 0 Å². The summed E-state index contributed by atoms with van der Waals surface area (Å²) < 4.78 is 27.4. The van der Waals surface area contributed by atoms with Crippen LogP contribution >= 0.6 is 11.6 Å². The van der Waals surface area contributed by atoms with Crippen LogP contribution in [-0.4, -0.2) is 36.7 Å². The fourth-order valence-corrected chi connectivity index (χ4v) is 3.97. The molecule has 0 saturated heterocycles. The van der Waals surface area contributed by atoms with Crippen molar-refractivity contribution >= 4 is 33.2 Å². The van der Waals surface area contributed by atoms with E-state index in [0.717, 1.165) is 33.2 Å². The molecule has 9 heteroatoms. The molecular weight excluding hydrogens is 424 g/mol. The minimum atomic E-state index is -3.66. The van der Waals surface area contributed by atoms with E-state index >= 15 is 0 Å². The molecule has 1 heterocycles. The summed E-state index contributed by atoms with van der Waals surface area (Å²) in [6.07, 6.45) is 4.67. The van der Waals surface area contributed by atoms with Crippen LogP contribution in [0.5, 0.6) is 0 Å². The number of aryl methyl sites for hydroxylation is 2. The van der Waals surface area contributed by atoms with Gasteiger partial charge in [-0.05, 0) is 49.2 Å². The van der Waals surface area contributed by atoms with Crippen molar-refractivity contribution in [3.63, 3.8) is 0 Å². The first-order valence-electron chi connectivity index (χ1n) is 9.25. The number of amides is 1. The maximum Gasteiger partial charge on any atom is 0.241 e. The summed E-state index contributed by atoms with van der Waals surface area (Å²) in [5.74, 6) is 0.472. The molecule has 1 aromatic heterocycles. The third-order valence-electron chi connectivity index (χ3n) is 4.66. The predicted octanol–water partition coefficient (Wildman–Crippen LogP) is 3.22. The Morgan fingerprint density at radius 2 is 1.87 bits per heavy atom. The number of halogens is 1. The molecule has 0 aliphatic rings. The standard InChI is InChI=1S/C21H23ClN4O3S/c1-15-4-7-19(12-20(15)22)26(30(3,28)29)14-21(27)24-13-17-5-8-18(9-6-17)25-11-10-23-16(25)2/h4-12H,13-14H2,1-3H3,(H,24,27). The summed E-state index contributed by atoms with van der Waals surface area (Å²) in [5, 5.41) is 3.21. The Morgan fingerprint density at radius 3 is 2.43 bits per heavy atom. The second kappa shape index (κ2) is 8.89.